The third-order valence-electron chi connectivity index (χ3n) is 3.01. The maximum atomic E-state index is 12.0. The summed E-state index contributed by atoms with van der Waals surface area (Å²) in [5, 5.41) is 21.0. The number of rotatable bonds is 5. The minimum absolute atomic E-state index is 0.159. The summed E-state index contributed by atoms with van der Waals surface area (Å²) in [6.45, 7) is 8.39. The minimum Gasteiger partial charge on any atom is -0.507 e. The fourth-order valence-electron chi connectivity index (χ4n) is 2.43. The van der Waals surface area contributed by atoms with E-state index in [4.69, 9.17) is 5.11 Å². The Kier molecular flexibility index (Phi) is 5.35. The van der Waals surface area contributed by atoms with Crippen LogP contribution in [0, 0.1) is 11.3 Å². The molecule has 0 radical (unpaired) electrons. The van der Waals surface area contributed by atoms with Crippen LogP contribution in [0.1, 0.15) is 50.9 Å². The van der Waals surface area contributed by atoms with Crippen molar-refractivity contribution in [3.8, 4) is 5.75 Å². The number of carbonyl (C=O) groups excluding carboxylic acids is 1. The number of hydrogen-bond acceptors (Lipinski definition) is 3. The van der Waals surface area contributed by atoms with E-state index < -0.39 is 5.97 Å². The van der Waals surface area contributed by atoms with Gasteiger partial charge in [-0.25, -0.2) is 4.79 Å². The van der Waals surface area contributed by atoms with Crippen molar-refractivity contribution in [3.63, 3.8) is 0 Å². The highest BCUT2D eigenvalue weighted by Crippen LogP contribution is 2.26. The van der Waals surface area contributed by atoms with E-state index in [-0.39, 0.29) is 28.6 Å². The van der Waals surface area contributed by atoms with Crippen LogP contribution in [-0.2, 0) is 4.79 Å². The predicted molar refractivity (Wildman–Crippen MR) is 81.5 cm³/mol. The second-order valence-corrected chi connectivity index (χ2v) is 6.66. The molecule has 0 saturated heterocycles. The molecule has 0 bridgehead atoms. The zero-order valence-corrected chi connectivity index (χ0v) is 12.9. The number of benzene rings is 1. The van der Waals surface area contributed by atoms with Gasteiger partial charge in [-0.1, -0.05) is 27.7 Å². The maximum absolute atomic E-state index is 12.0. The van der Waals surface area contributed by atoms with Gasteiger partial charge in [-0.15, -0.1) is 0 Å². The van der Waals surface area contributed by atoms with Crippen molar-refractivity contribution in [3.05, 3.63) is 23.8 Å². The average molecular weight is 293 g/mol. The molecule has 1 atom stereocenters. The molecule has 0 aliphatic heterocycles. The first-order valence-corrected chi connectivity index (χ1v) is 6.94. The second-order valence-electron chi connectivity index (χ2n) is 6.66. The summed E-state index contributed by atoms with van der Waals surface area (Å²) in [6.07, 6.45) is 1.30. The Hall–Kier alpha value is -2.04. The van der Waals surface area contributed by atoms with Crippen LogP contribution >= 0.6 is 0 Å². The number of carboxylic acids is 1. The number of carbonyl (C=O) groups is 2. The summed E-state index contributed by atoms with van der Waals surface area (Å²) in [5.41, 5.74) is 0.308. The normalized spacial score (nSPS) is 12.8. The standard InChI is InChI=1S/C16H23NO4/c1-10(9-16(2,3)4)7-14(19)17-11-5-6-13(18)12(8-11)15(20)21/h5-6,8,10,18H,7,9H2,1-4H3,(H,17,19)(H,20,21). The minimum atomic E-state index is -1.23. The lowest BCUT2D eigenvalue weighted by Crippen LogP contribution is -2.19. The van der Waals surface area contributed by atoms with Crippen LogP contribution in [0.15, 0.2) is 18.2 Å². The average Bonchev–Trinajstić information content (AvgIpc) is 2.28. The van der Waals surface area contributed by atoms with Gasteiger partial charge in [0.15, 0.2) is 0 Å². The van der Waals surface area contributed by atoms with Crippen LogP contribution in [0.2, 0.25) is 0 Å². The summed E-state index contributed by atoms with van der Waals surface area (Å²) in [6, 6.07) is 4.00. The highest BCUT2D eigenvalue weighted by molar-refractivity contribution is 5.95. The highest BCUT2D eigenvalue weighted by atomic mass is 16.4. The van der Waals surface area contributed by atoms with Gasteiger partial charge >= 0.3 is 5.97 Å². The molecule has 21 heavy (non-hydrogen) atoms. The van der Waals surface area contributed by atoms with E-state index in [1.165, 1.54) is 18.2 Å². The number of carboxylic acid groups (broad SMARTS) is 1. The van der Waals surface area contributed by atoms with Crippen molar-refractivity contribution in [2.75, 3.05) is 5.32 Å². The van der Waals surface area contributed by atoms with E-state index >= 15 is 0 Å². The molecule has 0 spiro atoms. The van der Waals surface area contributed by atoms with Crippen molar-refractivity contribution < 1.29 is 19.8 Å². The molecule has 5 heteroatoms. The summed E-state index contributed by atoms with van der Waals surface area (Å²) in [4.78, 5) is 22.9. The molecular formula is C16H23NO4. The van der Waals surface area contributed by atoms with E-state index in [0.29, 0.717) is 12.1 Å². The molecule has 0 heterocycles. The largest absolute Gasteiger partial charge is 0.507 e. The molecule has 1 unspecified atom stereocenters. The van der Waals surface area contributed by atoms with Crippen LogP contribution in [0.3, 0.4) is 0 Å². The predicted octanol–water partition coefficient (Wildman–Crippen LogP) is 3.49. The molecule has 1 rings (SSSR count). The van der Waals surface area contributed by atoms with Crippen LogP contribution in [-0.4, -0.2) is 22.1 Å². The van der Waals surface area contributed by atoms with Gasteiger partial charge in [0.25, 0.3) is 0 Å². The Morgan fingerprint density at radius 1 is 1.29 bits per heavy atom. The maximum Gasteiger partial charge on any atom is 0.339 e. The van der Waals surface area contributed by atoms with Gasteiger partial charge in [0, 0.05) is 12.1 Å². The Labute approximate surface area is 125 Å². The van der Waals surface area contributed by atoms with Gasteiger partial charge in [0.05, 0.1) is 0 Å². The van der Waals surface area contributed by atoms with E-state index in [2.05, 4.69) is 26.1 Å². The smallest absolute Gasteiger partial charge is 0.339 e. The molecule has 3 N–H and O–H groups in total. The third-order valence-corrected chi connectivity index (χ3v) is 3.01. The number of nitrogens with one attached hydrogen (secondary N) is 1. The van der Waals surface area contributed by atoms with Crippen LogP contribution < -0.4 is 5.32 Å². The van der Waals surface area contributed by atoms with Crippen molar-refractivity contribution in [1.29, 1.82) is 0 Å². The van der Waals surface area contributed by atoms with Crippen molar-refractivity contribution >= 4 is 17.6 Å². The number of anilines is 1. The van der Waals surface area contributed by atoms with Crippen molar-refractivity contribution in [2.24, 2.45) is 11.3 Å². The molecule has 1 amide bonds. The van der Waals surface area contributed by atoms with Crippen molar-refractivity contribution in [1.82, 2.24) is 0 Å². The molecule has 1 aromatic carbocycles. The summed E-state index contributed by atoms with van der Waals surface area (Å²) < 4.78 is 0. The monoisotopic (exact) mass is 293 g/mol. The second kappa shape index (κ2) is 6.61. The summed E-state index contributed by atoms with van der Waals surface area (Å²) in [5.74, 6) is -1.47. The molecular weight excluding hydrogens is 270 g/mol. The lowest BCUT2D eigenvalue weighted by atomic mass is 9.84. The molecule has 0 aliphatic rings. The Balaban J connectivity index is 2.67. The zero-order chi connectivity index (χ0) is 16.2. The van der Waals surface area contributed by atoms with Crippen molar-refractivity contribution in [2.45, 2.75) is 40.5 Å². The van der Waals surface area contributed by atoms with Gasteiger partial charge < -0.3 is 15.5 Å². The van der Waals surface area contributed by atoms with Gasteiger partial charge in [0.1, 0.15) is 11.3 Å². The van der Waals surface area contributed by atoms with Crippen LogP contribution in [0.4, 0.5) is 5.69 Å². The first-order chi connectivity index (χ1) is 9.58. The number of phenols is 1. The first-order valence-electron chi connectivity index (χ1n) is 6.94. The lowest BCUT2D eigenvalue weighted by molar-refractivity contribution is -0.117. The van der Waals surface area contributed by atoms with Gasteiger partial charge in [0.2, 0.25) is 5.91 Å². The first kappa shape index (κ1) is 17.0. The molecule has 5 nitrogen and oxygen atoms in total. The Bertz CT molecular complexity index is 532. The van der Waals surface area contributed by atoms with E-state index in [1.807, 2.05) is 6.92 Å². The number of aromatic carboxylic acids is 1. The SMILES string of the molecule is CC(CC(=O)Nc1ccc(O)c(C(=O)O)c1)CC(C)(C)C. The Morgan fingerprint density at radius 3 is 2.43 bits per heavy atom. The van der Waals surface area contributed by atoms with E-state index in [0.717, 1.165) is 6.42 Å². The van der Waals surface area contributed by atoms with Crippen LogP contribution in [0.5, 0.6) is 5.75 Å². The molecule has 1 aromatic rings. The van der Waals surface area contributed by atoms with Gasteiger partial charge in [-0.05, 0) is 36.0 Å². The molecule has 116 valence electrons. The fraction of sp³-hybridized carbons (Fsp3) is 0.500. The summed E-state index contributed by atoms with van der Waals surface area (Å²) >= 11 is 0. The zero-order valence-electron chi connectivity index (χ0n) is 12.9. The summed E-state index contributed by atoms with van der Waals surface area (Å²) in [7, 11) is 0. The van der Waals surface area contributed by atoms with E-state index in [1.54, 1.807) is 0 Å². The quantitative estimate of drug-likeness (QED) is 0.725. The van der Waals surface area contributed by atoms with Gasteiger partial charge in [-0.3, -0.25) is 4.79 Å². The van der Waals surface area contributed by atoms with E-state index in [9.17, 15) is 14.7 Å². The molecule has 0 aliphatic carbocycles. The lowest BCUT2D eigenvalue weighted by Gasteiger charge is -2.22. The highest BCUT2D eigenvalue weighted by Gasteiger charge is 2.18. The topological polar surface area (TPSA) is 86.6 Å². The third kappa shape index (κ3) is 5.85. The number of amides is 1. The van der Waals surface area contributed by atoms with Gasteiger partial charge in [-0.2, -0.15) is 0 Å². The number of hydrogen-bond donors (Lipinski definition) is 3. The van der Waals surface area contributed by atoms with Crippen LogP contribution in [0.25, 0.3) is 0 Å². The molecule has 0 fully saturated rings. The fourth-order valence-corrected chi connectivity index (χ4v) is 2.43. The number of aromatic hydroxyl groups is 1. The Morgan fingerprint density at radius 2 is 1.90 bits per heavy atom. The molecule has 0 aromatic heterocycles. The molecule has 0 saturated carbocycles.